The standard InChI is InChI=1S/C17H22N4O/c1-11-8-13(9-12(2)16(11)22-3)14-10-15(18)20-17(19-14)21-6-4-5-7-21/h8-10H,4-7H2,1-3H3,(H2,18,19,20). The maximum Gasteiger partial charge on any atom is 0.227 e. The molecule has 0 spiro atoms. The van der Waals surface area contributed by atoms with E-state index < -0.39 is 0 Å². The minimum atomic E-state index is 0.512. The highest BCUT2D eigenvalue weighted by atomic mass is 16.5. The molecule has 0 atom stereocenters. The number of methoxy groups -OCH3 is 1. The number of aryl methyl sites for hydroxylation is 2. The van der Waals surface area contributed by atoms with Crippen molar-refractivity contribution in [2.75, 3.05) is 30.8 Å². The molecule has 2 aromatic rings. The first-order valence-corrected chi connectivity index (χ1v) is 7.63. The van der Waals surface area contributed by atoms with Crippen LogP contribution in [-0.4, -0.2) is 30.2 Å². The van der Waals surface area contributed by atoms with Crippen LogP contribution in [0.5, 0.6) is 5.75 Å². The highest BCUT2D eigenvalue weighted by Gasteiger charge is 2.17. The highest BCUT2D eigenvalue weighted by Crippen LogP contribution is 2.30. The van der Waals surface area contributed by atoms with Gasteiger partial charge in [-0.25, -0.2) is 4.98 Å². The van der Waals surface area contributed by atoms with Crippen LogP contribution in [0.3, 0.4) is 0 Å². The van der Waals surface area contributed by atoms with E-state index in [4.69, 9.17) is 15.5 Å². The molecule has 0 unspecified atom stereocenters. The van der Waals surface area contributed by atoms with Crippen LogP contribution in [0.25, 0.3) is 11.3 Å². The zero-order valence-corrected chi connectivity index (χ0v) is 13.4. The van der Waals surface area contributed by atoms with Crippen molar-refractivity contribution in [1.82, 2.24) is 9.97 Å². The van der Waals surface area contributed by atoms with E-state index in [1.54, 1.807) is 7.11 Å². The van der Waals surface area contributed by atoms with E-state index in [0.717, 1.165) is 47.2 Å². The third-order valence-electron chi connectivity index (χ3n) is 4.08. The molecule has 116 valence electrons. The number of hydrogen-bond acceptors (Lipinski definition) is 5. The fraction of sp³-hybridized carbons (Fsp3) is 0.412. The maximum atomic E-state index is 5.99. The van der Waals surface area contributed by atoms with Crippen molar-refractivity contribution in [3.8, 4) is 17.0 Å². The Bertz CT molecular complexity index is 670. The summed E-state index contributed by atoms with van der Waals surface area (Å²) in [5.41, 5.74) is 10.1. The van der Waals surface area contributed by atoms with E-state index in [1.807, 2.05) is 19.9 Å². The fourth-order valence-electron chi connectivity index (χ4n) is 3.08. The predicted octanol–water partition coefficient (Wildman–Crippen LogP) is 2.95. The van der Waals surface area contributed by atoms with Gasteiger partial charge in [-0.2, -0.15) is 4.98 Å². The van der Waals surface area contributed by atoms with Gasteiger partial charge in [-0.3, -0.25) is 0 Å². The number of nitrogens with two attached hydrogens (primary N) is 1. The molecule has 5 heteroatoms. The van der Waals surface area contributed by atoms with E-state index in [9.17, 15) is 0 Å². The number of nitrogens with zero attached hydrogens (tertiary/aromatic N) is 3. The largest absolute Gasteiger partial charge is 0.496 e. The van der Waals surface area contributed by atoms with Crippen molar-refractivity contribution < 1.29 is 4.74 Å². The predicted molar refractivity (Wildman–Crippen MR) is 89.4 cm³/mol. The summed E-state index contributed by atoms with van der Waals surface area (Å²) in [7, 11) is 1.70. The monoisotopic (exact) mass is 298 g/mol. The lowest BCUT2D eigenvalue weighted by molar-refractivity contribution is 0.408. The first-order chi connectivity index (χ1) is 10.6. The molecule has 0 saturated carbocycles. The summed E-state index contributed by atoms with van der Waals surface area (Å²) in [6.07, 6.45) is 2.38. The first kappa shape index (κ1) is 14.6. The van der Waals surface area contributed by atoms with E-state index >= 15 is 0 Å². The van der Waals surface area contributed by atoms with Gasteiger partial charge in [-0.15, -0.1) is 0 Å². The van der Waals surface area contributed by atoms with Crippen LogP contribution in [0.2, 0.25) is 0 Å². The van der Waals surface area contributed by atoms with Gasteiger partial charge in [-0.05, 0) is 49.9 Å². The molecule has 1 aromatic carbocycles. The van der Waals surface area contributed by atoms with Gasteiger partial charge >= 0.3 is 0 Å². The third-order valence-corrected chi connectivity index (χ3v) is 4.08. The van der Waals surface area contributed by atoms with Gasteiger partial charge in [0.2, 0.25) is 5.95 Å². The van der Waals surface area contributed by atoms with Gasteiger partial charge in [0, 0.05) is 24.7 Å². The minimum Gasteiger partial charge on any atom is -0.496 e. The second kappa shape index (κ2) is 5.83. The Labute approximate surface area is 131 Å². The lowest BCUT2D eigenvalue weighted by Crippen LogP contribution is -2.21. The molecule has 5 nitrogen and oxygen atoms in total. The van der Waals surface area contributed by atoms with Crippen LogP contribution >= 0.6 is 0 Å². The molecule has 1 aliphatic heterocycles. The number of hydrogen-bond donors (Lipinski definition) is 1. The Hall–Kier alpha value is -2.30. The van der Waals surface area contributed by atoms with Crippen molar-refractivity contribution in [3.05, 3.63) is 29.3 Å². The summed E-state index contributed by atoms with van der Waals surface area (Å²) >= 11 is 0. The molecule has 1 aliphatic rings. The molecule has 0 radical (unpaired) electrons. The van der Waals surface area contributed by atoms with E-state index in [-0.39, 0.29) is 0 Å². The number of ether oxygens (including phenoxy) is 1. The Kier molecular flexibility index (Phi) is 3.88. The molecule has 22 heavy (non-hydrogen) atoms. The lowest BCUT2D eigenvalue weighted by atomic mass is 10.0. The summed E-state index contributed by atoms with van der Waals surface area (Å²) < 4.78 is 5.43. The van der Waals surface area contributed by atoms with Crippen molar-refractivity contribution in [3.63, 3.8) is 0 Å². The average molecular weight is 298 g/mol. The molecule has 2 heterocycles. The van der Waals surface area contributed by atoms with E-state index in [0.29, 0.717) is 5.82 Å². The summed E-state index contributed by atoms with van der Waals surface area (Å²) in [6, 6.07) is 6.00. The molecular weight excluding hydrogens is 276 g/mol. The average Bonchev–Trinajstić information content (AvgIpc) is 3.00. The van der Waals surface area contributed by atoms with Gasteiger partial charge in [0.05, 0.1) is 12.8 Å². The Balaban J connectivity index is 2.04. The summed E-state index contributed by atoms with van der Waals surface area (Å²) in [5, 5.41) is 0. The Morgan fingerprint density at radius 1 is 1.05 bits per heavy atom. The molecule has 0 amide bonds. The maximum absolute atomic E-state index is 5.99. The van der Waals surface area contributed by atoms with E-state index in [1.165, 1.54) is 12.8 Å². The number of rotatable bonds is 3. The quantitative estimate of drug-likeness (QED) is 0.944. The molecule has 0 bridgehead atoms. The van der Waals surface area contributed by atoms with E-state index in [2.05, 4.69) is 22.0 Å². The van der Waals surface area contributed by atoms with Gasteiger partial charge in [0.25, 0.3) is 0 Å². The van der Waals surface area contributed by atoms with Gasteiger partial charge < -0.3 is 15.4 Å². The molecule has 2 N–H and O–H groups in total. The molecule has 0 aliphatic carbocycles. The normalized spacial score (nSPS) is 14.4. The zero-order chi connectivity index (χ0) is 15.7. The highest BCUT2D eigenvalue weighted by molar-refractivity contribution is 5.67. The Morgan fingerprint density at radius 2 is 1.68 bits per heavy atom. The van der Waals surface area contributed by atoms with Gasteiger partial charge in [0.1, 0.15) is 11.6 Å². The molecule has 1 aromatic heterocycles. The first-order valence-electron chi connectivity index (χ1n) is 7.63. The van der Waals surface area contributed by atoms with Crippen molar-refractivity contribution >= 4 is 11.8 Å². The topological polar surface area (TPSA) is 64.3 Å². The molecule has 1 fully saturated rings. The zero-order valence-electron chi connectivity index (χ0n) is 13.4. The number of nitrogen functional groups attached to an aromatic ring is 1. The number of anilines is 2. The number of aromatic nitrogens is 2. The lowest BCUT2D eigenvalue weighted by Gasteiger charge is -2.17. The fourth-order valence-corrected chi connectivity index (χ4v) is 3.08. The van der Waals surface area contributed by atoms with Crippen LogP contribution in [0.15, 0.2) is 18.2 Å². The van der Waals surface area contributed by atoms with Crippen LogP contribution in [0.4, 0.5) is 11.8 Å². The second-order valence-electron chi connectivity index (χ2n) is 5.82. The molecular formula is C17H22N4O. The summed E-state index contributed by atoms with van der Waals surface area (Å²) in [4.78, 5) is 11.3. The van der Waals surface area contributed by atoms with Crippen molar-refractivity contribution in [2.45, 2.75) is 26.7 Å². The molecule has 1 saturated heterocycles. The smallest absolute Gasteiger partial charge is 0.227 e. The Morgan fingerprint density at radius 3 is 2.27 bits per heavy atom. The van der Waals surface area contributed by atoms with Crippen molar-refractivity contribution in [1.29, 1.82) is 0 Å². The van der Waals surface area contributed by atoms with Gasteiger partial charge in [-0.1, -0.05) is 0 Å². The van der Waals surface area contributed by atoms with Crippen molar-refractivity contribution in [2.24, 2.45) is 0 Å². The molecule has 3 rings (SSSR count). The van der Waals surface area contributed by atoms with Crippen LogP contribution < -0.4 is 15.4 Å². The van der Waals surface area contributed by atoms with Gasteiger partial charge in [0.15, 0.2) is 0 Å². The summed E-state index contributed by atoms with van der Waals surface area (Å²) in [5.74, 6) is 2.17. The van der Waals surface area contributed by atoms with Crippen LogP contribution in [0.1, 0.15) is 24.0 Å². The van der Waals surface area contributed by atoms with Crippen LogP contribution in [-0.2, 0) is 0 Å². The minimum absolute atomic E-state index is 0.512. The third kappa shape index (κ3) is 2.71. The second-order valence-corrected chi connectivity index (χ2v) is 5.82. The number of benzene rings is 1. The summed E-state index contributed by atoms with van der Waals surface area (Å²) in [6.45, 7) is 6.09. The van der Waals surface area contributed by atoms with Crippen LogP contribution in [0, 0.1) is 13.8 Å². The SMILES string of the molecule is COc1c(C)cc(-c2cc(N)nc(N3CCCC3)n2)cc1C.